The minimum Gasteiger partial charge on any atom is -0.294 e. The van der Waals surface area contributed by atoms with E-state index in [1.807, 2.05) is 44.2 Å². The van der Waals surface area contributed by atoms with E-state index in [4.69, 9.17) is 0 Å². The van der Waals surface area contributed by atoms with Crippen LogP contribution in [0.25, 0.3) is 0 Å². The summed E-state index contributed by atoms with van der Waals surface area (Å²) >= 11 is 0. The highest BCUT2D eigenvalue weighted by molar-refractivity contribution is 5.99. The second kappa shape index (κ2) is 8.57. The van der Waals surface area contributed by atoms with Crippen LogP contribution in [0, 0.1) is 6.92 Å². The molecule has 152 valence electrons. The van der Waals surface area contributed by atoms with Gasteiger partial charge >= 0.3 is 0 Å². The fourth-order valence-electron chi connectivity index (χ4n) is 4.03. The van der Waals surface area contributed by atoms with Gasteiger partial charge in [-0.15, -0.1) is 0 Å². The summed E-state index contributed by atoms with van der Waals surface area (Å²) in [5.74, 6) is -0.00805. The first kappa shape index (κ1) is 20.0. The smallest absolute Gasteiger partial charge is 0.234 e. The molecule has 0 saturated carbocycles. The first-order valence-electron chi connectivity index (χ1n) is 10.4. The highest BCUT2D eigenvalue weighted by Gasteiger charge is 2.28. The molecule has 5 heteroatoms. The Hall–Kier alpha value is -3.34. The fraction of sp³-hybridized carbons (Fsp3) is 0.280. The average Bonchev–Trinajstić information content (AvgIpc) is 2.75. The summed E-state index contributed by atoms with van der Waals surface area (Å²) in [5.41, 5.74) is 4.56. The average molecular weight is 399 g/mol. The molecule has 0 spiro atoms. The van der Waals surface area contributed by atoms with Crippen molar-refractivity contribution >= 4 is 17.6 Å². The molecule has 1 heterocycles. The lowest BCUT2D eigenvalue weighted by atomic mass is 9.82. The highest BCUT2D eigenvalue weighted by atomic mass is 16.2. The molecule has 2 atom stereocenters. The van der Waals surface area contributed by atoms with Gasteiger partial charge < -0.3 is 0 Å². The van der Waals surface area contributed by atoms with Gasteiger partial charge in [0.05, 0.1) is 17.2 Å². The lowest BCUT2D eigenvalue weighted by molar-refractivity contribution is -0.117. The van der Waals surface area contributed by atoms with Crippen molar-refractivity contribution in [1.29, 1.82) is 0 Å². The molecular weight excluding hydrogens is 374 g/mol. The molecule has 5 nitrogen and oxygen atoms in total. The van der Waals surface area contributed by atoms with Crippen molar-refractivity contribution in [2.45, 2.75) is 44.9 Å². The van der Waals surface area contributed by atoms with Crippen molar-refractivity contribution < 1.29 is 9.59 Å². The van der Waals surface area contributed by atoms with Crippen LogP contribution in [0.3, 0.4) is 0 Å². The molecule has 2 aromatic carbocycles. The molecule has 3 aromatic rings. The Balaban J connectivity index is 1.55. The van der Waals surface area contributed by atoms with Crippen molar-refractivity contribution in [2.75, 3.05) is 5.32 Å². The maximum Gasteiger partial charge on any atom is 0.234 e. The highest BCUT2D eigenvalue weighted by Crippen LogP contribution is 2.32. The molecule has 1 aromatic heterocycles. The third-order valence-electron chi connectivity index (χ3n) is 5.75. The molecule has 0 radical (unpaired) electrons. The van der Waals surface area contributed by atoms with Gasteiger partial charge in [-0.05, 0) is 36.8 Å². The van der Waals surface area contributed by atoms with Gasteiger partial charge in [-0.25, -0.2) is 9.97 Å². The van der Waals surface area contributed by atoms with Gasteiger partial charge in [0.1, 0.15) is 0 Å². The van der Waals surface area contributed by atoms with E-state index >= 15 is 0 Å². The van der Waals surface area contributed by atoms with Crippen LogP contribution >= 0.6 is 0 Å². The number of aromatic nitrogens is 2. The molecule has 0 aliphatic heterocycles. The maximum atomic E-state index is 12.8. The van der Waals surface area contributed by atoms with Gasteiger partial charge in [-0.3, -0.25) is 14.9 Å². The topological polar surface area (TPSA) is 72.0 Å². The number of fused-ring (bicyclic) bond motifs is 1. The number of anilines is 1. The van der Waals surface area contributed by atoms with Crippen LogP contribution < -0.4 is 5.32 Å². The third-order valence-corrected chi connectivity index (χ3v) is 5.75. The first-order valence-corrected chi connectivity index (χ1v) is 10.4. The van der Waals surface area contributed by atoms with Gasteiger partial charge in [-0.2, -0.15) is 0 Å². The zero-order valence-corrected chi connectivity index (χ0v) is 17.3. The van der Waals surface area contributed by atoms with Crippen molar-refractivity contribution in [2.24, 2.45) is 0 Å². The van der Waals surface area contributed by atoms with Crippen molar-refractivity contribution in [3.8, 4) is 0 Å². The predicted molar refractivity (Wildman–Crippen MR) is 117 cm³/mol. The fourth-order valence-corrected chi connectivity index (χ4v) is 4.03. The number of benzene rings is 2. The zero-order chi connectivity index (χ0) is 21.1. The number of aryl methyl sites for hydroxylation is 1. The number of rotatable bonds is 5. The molecule has 0 bridgehead atoms. The number of carbonyl (C=O) groups is 2. The van der Waals surface area contributed by atoms with Gasteiger partial charge in [0.15, 0.2) is 5.78 Å². The molecule has 30 heavy (non-hydrogen) atoms. The Morgan fingerprint density at radius 3 is 2.53 bits per heavy atom. The Morgan fingerprint density at radius 1 is 1.10 bits per heavy atom. The van der Waals surface area contributed by atoms with Crippen LogP contribution in [-0.4, -0.2) is 21.7 Å². The molecule has 0 saturated heterocycles. The quantitative estimate of drug-likeness (QED) is 0.667. The number of Topliss-reactive ketones (excluding diaryl/α,β-unsaturated/α-hetero) is 1. The molecule has 1 aliphatic rings. The Labute approximate surface area is 176 Å². The number of nitrogens with zero attached hydrogens (tertiary/aromatic N) is 2. The summed E-state index contributed by atoms with van der Waals surface area (Å²) < 4.78 is 0. The predicted octanol–water partition coefficient (Wildman–Crippen LogP) is 4.83. The lowest BCUT2D eigenvalue weighted by Crippen LogP contribution is -2.24. The van der Waals surface area contributed by atoms with Gasteiger partial charge in [0.25, 0.3) is 0 Å². The van der Waals surface area contributed by atoms with Crippen molar-refractivity contribution in [3.05, 3.63) is 88.7 Å². The maximum absolute atomic E-state index is 12.8. The Bertz CT molecular complexity index is 1060. The summed E-state index contributed by atoms with van der Waals surface area (Å²) in [6, 6.07) is 18.0. The van der Waals surface area contributed by atoms with E-state index in [0.29, 0.717) is 30.5 Å². The van der Waals surface area contributed by atoms with E-state index in [0.717, 1.165) is 11.1 Å². The number of nitrogens with one attached hydrogen (secondary N) is 1. The largest absolute Gasteiger partial charge is 0.294 e. The molecule has 1 amide bonds. The van der Waals surface area contributed by atoms with Crippen molar-refractivity contribution in [3.63, 3.8) is 0 Å². The molecule has 4 rings (SSSR count). The van der Waals surface area contributed by atoms with Gasteiger partial charge in [0.2, 0.25) is 11.9 Å². The summed E-state index contributed by atoms with van der Waals surface area (Å²) in [7, 11) is 0. The van der Waals surface area contributed by atoms with Crippen molar-refractivity contribution in [1.82, 2.24) is 9.97 Å². The second-order valence-corrected chi connectivity index (χ2v) is 7.85. The van der Waals surface area contributed by atoms with E-state index < -0.39 is 0 Å². The lowest BCUT2D eigenvalue weighted by Gasteiger charge is -2.23. The van der Waals surface area contributed by atoms with E-state index in [2.05, 4.69) is 39.6 Å². The van der Waals surface area contributed by atoms with Crippen LogP contribution in [-0.2, 0) is 11.2 Å². The molecule has 1 N–H and O–H groups in total. The summed E-state index contributed by atoms with van der Waals surface area (Å²) in [4.78, 5) is 34.3. The Kier molecular flexibility index (Phi) is 5.70. The first-order chi connectivity index (χ1) is 14.5. The van der Waals surface area contributed by atoms with E-state index in [-0.39, 0.29) is 29.5 Å². The number of ketones is 1. The van der Waals surface area contributed by atoms with Crippen LogP contribution in [0.5, 0.6) is 0 Å². The molecular formula is C25H25N3O2. The van der Waals surface area contributed by atoms with Crippen LogP contribution in [0.2, 0.25) is 0 Å². The SMILES string of the molecule is CC[C@@H](C(=O)Nc1ncc2c(n1)C[C@H](c1ccc(C)cc1)CC2=O)c1ccccc1. The minimum atomic E-state index is -0.271. The second-order valence-electron chi connectivity index (χ2n) is 7.85. The number of hydrogen-bond acceptors (Lipinski definition) is 4. The summed E-state index contributed by atoms with van der Waals surface area (Å²) in [6.45, 7) is 4.03. The van der Waals surface area contributed by atoms with E-state index in [1.165, 1.54) is 5.56 Å². The summed E-state index contributed by atoms with van der Waals surface area (Å²) in [5, 5.41) is 2.85. The number of hydrogen-bond donors (Lipinski definition) is 1. The standard InChI is InChI=1S/C25H25N3O2/c1-3-20(18-7-5-4-6-8-18)24(30)28-25-26-15-21-22(27-25)13-19(14-23(21)29)17-11-9-16(2)10-12-17/h4-12,15,19-20H,3,13-14H2,1-2H3,(H,26,27,28,30)/t19-,20+/m0/s1. The number of amides is 1. The Morgan fingerprint density at radius 2 is 1.83 bits per heavy atom. The van der Waals surface area contributed by atoms with Crippen LogP contribution in [0.15, 0.2) is 60.8 Å². The minimum absolute atomic E-state index is 0.0513. The van der Waals surface area contributed by atoms with Gasteiger partial charge in [-0.1, -0.05) is 67.1 Å². The van der Waals surface area contributed by atoms with E-state index in [9.17, 15) is 9.59 Å². The van der Waals surface area contributed by atoms with Crippen LogP contribution in [0.1, 0.15) is 64.3 Å². The van der Waals surface area contributed by atoms with E-state index in [1.54, 1.807) is 6.20 Å². The normalized spacial score (nSPS) is 16.6. The summed E-state index contributed by atoms with van der Waals surface area (Å²) in [6.07, 6.45) is 3.34. The van der Waals surface area contributed by atoms with Gasteiger partial charge in [0, 0.05) is 12.6 Å². The van der Waals surface area contributed by atoms with Crippen LogP contribution in [0.4, 0.5) is 5.95 Å². The third kappa shape index (κ3) is 4.15. The zero-order valence-electron chi connectivity index (χ0n) is 17.3. The molecule has 0 unspecified atom stereocenters. The molecule has 0 fully saturated rings. The monoisotopic (exact) mass is 399 g/mol. The molecule has 1 aliphatic carbocycles. The number of carbonyl (C=O) groups excluding carboxylic acids is 2.